The molecule has 0 fully saturated rings. The van der Waals surface area contributed by atoms with Crippen LogP contribution in [-0.4, -0.2) is 59.5 Å². The van der Waals surface area contributed by atoms with Gasteiger partial charge in [-0.2, -0.15) is 0 Å². The summed E-state index contributed by atoms with van der Waals surface area (Å²) in [6, 6.07) is 0. The van der Waals surface area contributed by atoms with Crippen molar-refractivity contribution in [1.82, 2.24) is 4.90 Å². The Hall–Kier alpha value is -0.650. The van der Waals surface area contributed by atoms with Crippen molar-refractivity contribution >= 4 is 5.97 Å². The van der Waals surface area contributed by atoms with Crippen LogP contribution in [0.2, 0.25) is 0 Å². The Morgan fingerprint density at radius 3 is 1.94 bits per heavy atom. The summed E-state index contributed by atoms with van der Waals surface area (Å²) in [5.41, 5.74) is 0. The standard InChI is InChI=1S/C8H16O2.C5H13NO2/c1-3-5-6-7(4-2)8(9)10;1-6(2-4-7)3-5-8/h7H,3-6H2,1-2H3,(H,9,10);7-8H,2-5H2,1H3. The predicted octanol–water partition coefficient (Wildman–Crippen LogP) is 1.19. The van der Waals surface area contributed by atoms with E-state index in [0.717, 1.165) is 25.7 Å². The predicted molar refractivity (Wildman–Crippen MR) is 72.6 cm³/mol. The fourth-order valence-corrected chi connectivity index (χ4v) is 1.41. The molecule has 5 nitrogen and oxygen atoms in total. The normalized spacial score (nSPS) is 11.9. The molecule has 0 rings (SSSR count). The van der Waals surface area contributed by atoms with Crippen LogP contribution in [0.5, 0.6) is 0 Å². The lowest BCUT2D eigenvalue weighted by Gasteiger charge is -2.11. The average Bonchev–Trinajstić information content (AvgIpc) is 2.31. The Morgan fingerprint density at radius 1 is 1.17 bits per heavy atom. The fraction of sp³-hybridized carbons (Fsp3) is 0.923. The van der Waals surface area contributed by atoms with E-state index in [2.05, 4.69) is 6.92 Å². The summed E-state index contributed by atoms with van der Waals surface area (Å²) >= 11 is 0. The van der Waals surface area contributed by atoms with Crippen LogP contribution in [-0.2, 0) is 4.79 Å². The second-order valence-electron chi connectivity index (χ2n) is 4.34. The minimum atomic E-state index is -0.643. The van der Waals surface area contributed by atoms with Crippen LogP contribution < -0.4 is 0 Å². The molecule has 0 radical (unpaired) electrons. The number of carboxylic acid groups (broad SMARTS) is 1. The number of carbonyl (C=O) groups is 1. The zero-order valence-electron chi connectivity index (χ0n) is 11.9. The summed E-state index contributed by atoms with van der Waals surface area (Å²) in [5, 5.41) is 25.3. The largest absolute Gasteiger partial charge is 0.481 e. The highest BCUT2D eigenvalue weighted by molar-refractivity contribution is 5.69. The van der Waals surface area contributed by atoms with Crippen molar-refractivity contribution in [3.8, 4) is 0 Å². The van der Waals surface area contributed by atoms with Gasteiger partial charge in [0.15, 0.2) is 0 Å². The van der Waals surface area contributed by atoms with Gasteiger partial charge in [-0.05, 0) is 19.9 Å². The van der Waals surface area contributed by atoms with Crippen molar-refractivity contribution in [2.75, 3.05) is 33.4 Å². The molecule has 0 aromatic carbocycles. The summed E-state index contributed by atoms with van der Waals surface area (Å²) in [7, 11) is 1.85. The SMILES string of the molecule is CCCCC(CC)C(=O)O.CN(CCO)CCO. The molecule has 110 valence electrons. The van der Waals surface area contributed by atoms with Gasteiger partial charge in [0.1, 0.15) is 0 Å². The van der Waals surface area contributed by atoms with Crippen LogP contribution in [0.25, 0.3) is 0 Å². The zero-order chi connectivity index (χ0) is 14.4. The molecule has 0 saturated heterocycles. The minimum absolute atomic E-state index is 0.111. The molecule has 0 aromatic heterocycles. The van der Waals surface area contributed by atoms with Gasteiger partial charge in [-0.25, -0.2) is 0 Å². The summed E-state index contributed by atoms with van der Waals surface area (Å²) in [4.78, 5) is 12.3. The molecule has 1 unspecified atom stereocenters. The number of carboxylic acids is 1. The molecule has 0 spiro atoms. The number of rotatable bonds is 9. The number of unbranched alkanes of at least 4 members (excludes halogenated alkanes) is 1. The van der Waals surface area contributed by atoms with Crippen LogP contribution in [0.1, 0.15) is 39.5 Å². The first-order chi connectivity index (χ1) is 8.53. The van der Waals surface area contributed by atoms with E-state index in [4.69, 9.17) is 15.3 Å². The zero-order valence-corrected chi connectivity index (χ0v) is 11.9. The molecule has 3 N–H and O–H groups in total. The van der Waals surface area contributed by atoms with E-state index >= 15 is 0 Å². The third kappa shape index (κ3) is 13.4. The third-order valence-corrected chi connectivity index (χ3v) is 2.71. The monoisotopic (exact) mass is 263 g/mol. The maximum Gasteiger partial charge on any atom is 0.306 e. The van der Waals surface area contributed by atoms with E-state index in [0.29, 0.717) is 13.1 Å². The molecule has 0 aliphatic heterocycles. The highest BCUT2D eigenvalue weighted by Gasteiger charge is 2.12. The Labute approximate surface area is 110 Å². The lowest BCUT2D eigenvalue weighted by atomic mass is 10.00. The first-order valence-electron chi connectivity index (χ1n) is 6.66. The lowest BCUT2D eigenvalue weighted by Crippen LogP contribution is -2.25. The number of aliphatic hydroxyl groups is 2. The third-order valence-electron chi connectivity index (χ3n) is 2.71. The first kappa shape index (κ1) is 19.7. The number of hydrogen-bond acceptors (Lipinski definition) is 4. The topological polar surface area (TPSA) is 81.0 Å². The summed E-state index contributed by atoms with van der Waals surface area (Å²) in [6.45, 7) is 5.61. The van der Waals surface area contributed by atoms with Gasteiger partial charge >= 0.3 is 5.97 Å². The highest BCUT2D eigenvalue weighted by atomic mass is 16.4. The van der Waals surface area contributed by atoms with E-state index in [9.17, 15) is 4.79 Å². The van der Waals surface area contributed by atoms with E-state index in [-0.39, 0.29) is 19.1 Å². The quantitative estimate of drug-likeness (QED) is 0.582. The lowest BCUT2D eigenvalue weighted by molar-refractivity contribution is -0.142. The van der Waals surface area contributed by atoms with Crippen molar-refractivity contribution in [1.29, 1.82) is 0 Å². The van der Waals surface area contributed by atoms with Crippen LogP contribution in [0.4, 0.5) is 0 Å². The van der Waals surface area contributed by atoms with E-state index in [1.165, 1.54) is 0 Å². The average molecular weight is 263 g/mol. The fourth-order valence-electron chi connectivity index (χ4n) is 1.41. The van der Waals surface area contributed by atoms with E-state index in [1.54, 1.807) is 0 Å². The Morgan fingerprint density at radius 2 is 1.67 bits per heavy atom. The second kappa shape index (κ2) is 14.4. The molecule has 0 aromatic rings. The van der Waals surface area contributed by atoms with Crippen molar-refractivity contribution in [2.24, 2.45) is 5.92 Å². The first-order valence-corrected chi connectivity index (χ1v) is 6.66. The van der Waals surface area contributed by atoms with Gasteiger partial charge < -0.3 is 20.2 Å². The molecular weight excluding hydrogens is 234 g/mol. The van der Waals surface area contributed by atoms with Crippen molar-refractivity contribution in [2.45, 2.75) is 39.5 Å². The molecular formula is C13H29NO4. The summed E-state index contributed by atoms with van der Waals surface area (Å²) in [6.07, 6.45) is 3.71. The number of aliphatic hydroxyl groups excluding tert-OH is 2. The van der Waals surface area contributed by atoms with E-state index < -0.39 is 5.97 Å². The van der Waals surface area contributed by atoms with Gasteiger partial charge in [0.25, 0.3) is 0 Å². The van der Waals surface area contributed by atoms with Gasteiger partial charge in [0.2, 0.25) is 0 Å². The molecule has 1 atom stereocenters. The van der Waals surface area contributed by atoms with Crippen molar-refractivity contribution in [3.05, 3.63) is 0 Å². The molecule has 0 bridgehead atoms. The van der Waals surface area contributed by atoms with E-state index in [1.807, 2.05) is 18.9 Å². The highest BCUT2D eigenvalue weighted by Crippen LogP contribution is 2.11. The second-order valence-corrected chi connectivity index (χ2v) is 4.34. The molecule has 0 heterocycles. The molecule has 0 aliphatic rings. The molecule has 0 aliphatic carbocycles. The van der Waals surface area contributed by atoms with Gasteiger partial charge in [-0.15, -0.1) is 0 Å². The van der Waals surface area contributed by atoms with Gasteiger partial charge in [0, 0.05) is 13.1 Å². The van der Waals surface area contributed by atoms with Crippen LogP contribution in [0.3, 0.4) is 0 Å². The number of nitrogens with zero attached hydrogens (tertiary/aromatic N) is 1. The van der Waals surface area contributed by atoms with Crippen molar-refractivity contribution in [3.63, 3.8) is 0 Å². The molecule has 18 heavy (non-hydrogen) atoms. The van der Waals surface area contributed by atoms with Crippen LogP contribution in [0, 0.1) is 5.92 Å². The van der Waals surface area contributed by atoms with Gasteiger partial charge in [-0.1, -0.05) is 26.7 Å². The Bertz CT molecular complexity index is 182. The number of hydrogen-bond donors (Lipinski definition) is 3. The number of likely N-dealkylation sites (N-methyl/N-ethyl adjacent to an activating group) is 1. The Kier molecular flexibility index (Phi) is 15.8. The maximum atomic E-state index is 10.4. The van der Waals surface area contributed by atoms with Crippen LogP contribution in [0.15, 0.2) is 0 Å². The molecule has 0 amide bonds. The summed E-state index contributed by atoms with van der Waals surface area (Å²) in [5.74, 6) is -0.754. The van der Waals surface area contributed by atoms with Gasteiger partial charge in [-0.3, -0.25) is 4.79 Å². The Balaban J connectivity index is 0. The molecule has 0 saturated carbocycles. The number of aliphatic carboxylic acids is 1. The summed E-state index contributed by atoms with van der Waals surface area (Å²) < 4.78 is 0. The smallest absolute Gasteiger partial charge is 0.306 e. The minimum Gasteiger partial charge on any atom is -0.481 e. The maximum absolute atomic E-state index is 10.4. The molecule has 5 heteroatoms. The van der Waals surface area contributed by atoms with Gasteiger partial charge in [0.05, 0.1) is 19.1 Å². The van der Waals surface area contributed by atoms with Crippen molar-refractivity contribution < 1.29 is 20.1 Å². The van der Waals surface area contributed by atoms with Crippen LogP contribution >= 0.6 is 0 Å².